The van der Waals surface area contributed by atoms with Gasteiger partial charge in [0, 0.05) is 20.1 Å². The van der Waals surface area contributed by atoms with Crippen LogP contribution in [-0.4, -0.2) is 50.1 Å². The maximum absolute atomic E-state index is 13.1. The smallest absolute Gasteiger partial charge is 0.243 e. The van der Waals surface area contributed by atoms with E-state index in [0.717, 1.165) is 22.5 Å². The number of halogens is 2. The molecule has 0 amide bonds. The summed E-state index contributed by atoms with van der Waals surface area (Å²) in [5.74, 6) is -0.675. The normalized spacial score (nSPS) is 24.1. The summed E-state index contributed by atoms with van der Waals surface area (Å²) in [5.41, 5.74) is 0. The Labute approximate surface area is 116 Å². The molecule has 1 aromatic carbocycles. The summed E-state index contributed by atoms with van der Waals surface area (Å²) >= 11 is 5.59. The molecule has 2 atom stereocenters. The molecule has 2 N–H and O–H groups in total. The highest BCUT2D eigenvalue weighted by atomic mass is 35.5. The van der Waals surface area contributed by atoms with Crippen molar-refractivity contribution in [3.63, 3.8) is 0 Å². The molecule has 0 aromatic heterocycles. The Morgan fingerprint density at radius 1 is 1.47 bits per heavy atom. The number of aliphatic hydroxyl groups is 1. The van der Waals surface area contributed by atoms with E-state index in [1.165, 1.54) is 7.05 Å². The number of hydrogen-bond donors (Lipinski definition) is 2. The molecular weight excluding hydrogens is 295 g/mol. The van der Waals surface area contributed by atoms with Gasteiger partial charge in [-0.1, -0.05) is 11.6 Å². The summed E-state index contributed by atoms with van der Waals surface area (Å²) < 4.78 is 38.8. The van der Waals surface area contributed by atoms with Crippen LogP contribution < -0.4 is 5.32 Å². The summed E-state index contributed by atoms with van der Waals surface area (Å²) in [6.45, 7) is 0.709. The van der Waals surface area contributed by atoms with Gasteiger partial charge in [0.25, 0.3) is 0 Å². The fraction of sp³-hybridized carbons (Fsp3) is 0.455. The maximum Gasteiger partial charge on any atom is 0.243 e. The molecule has 0 spiro atoms. The van der Waals surface area contributed by atoms with Crippen LogP contribution in [0.15, 0.2) is 23.1 Å². The molecule has 1 fully saturated rings. The molecule has 0 unspecified atom stereocenters. The SMILES string of the molecule is CN([C@@H]1CNC[C@H]1O)S(=O)(=O)c1ccc(F)c(Cl)c1. The quantitative estimate of drug-likeness (QED) is 0.850. The van der Waals surface area contributed by atoms with Crippen LogP contribution in [0.2, 0.25) is 5.02 Å². The summed E-state index contributed by atoms with van der Waals surface area (Å²) in [4.78, 5) is -0.0968. The molecule has 1 heterocycles. The van der Waals surface area contributed by atoms with Gasteiger partial charge in [-0.05, 0) is 18.2 Å². The first kappa shape index (κ1) is 14.7. The second kappa shape index (κ2) is 5.34. The zero-order valence-electron chi connectivity index (χ0n) is 10.2. The molecule has 1 aliphatic rings. The van der Waals surface area contributed by atoms with E-state index < -0.39 is 28.0 Å². The Morgan fingerprint density at radius 3 is 2.68 bits per heavy atom. The van der Waals surface area contributed by atoms with E-state index in [1.807, 2.05) is 0 Å². The fourth-order valence-corrected chi connectivity index (χ4v) is 3.66. The Morgan fingerprint density at radius 2 is 2.16 bits per heavy atom. The topological polar surface area (TPSA) is 69.6 Å². The van der Waals surface area contributed by atoms with Crippen LogP contribution in [0.1, 0.15) is 0 Å². The minimum Gasteiger partial charge on any atom is -0.390 e. The van der Waals surface area contributed by atoms with E-state index in [0.29, 0.717) is 13.1 Å². The second-order valence-electron chi connectivity index (χ2n) is 4.39. The standard InChI is InChI=1S/C11H14ClFN2O3S/c1-15(10-5-14-6-11(10)16)19(17,18)7-2-3-9(13)8(12)4-7/h2-4,10-11,14,16H,5-6H2,1H3/t10-,11-/m1/s1. The van der Waals surface area contributed by atoms with E-state index >= 15 is 0 Å². The van der Waals surface area contributed by atoms with E-state index in [1.54, 1.807) is 0 Å². The van der Waals surface area contributed by atoms with Crippen molar-refractivity contribution >= 4 is 21.6 Å². The van der Waals surface area contributed by atoms with Crippen LogP contribution in [0.5, 0.6) is 0 Å². The van der Waals surface area contributed by atoms with Gasteiger partial charge in [0.1, 0.15) is 5.82 Å². The number of benzene rings is 1. The molecular formula is C11H14ClFN2O3S. The third kappa shape index (κ3) is 2.75. The average molecular weight is 309 g/mol. The first-order chi connectivity index (χ1) is 8.84. The molecule has 0 aliphatic carbocycles. The zero-order valence-corrected chi connectivity index (χ0v) is 11.7. The highest BCUT2D eigenvalue weighted by Gasteiger charge is 2.35. The average Bonchev–Trinajstić information content (AvgIpc) is 2.77. The van der Waals surface area contributed by atoms with Gasteiger partial charge in [0.15, 0.2) is 0 Å². The number of nitrogens with one attached hydrogen (secondary N) is 1. The fourth-order valence-electron chi connectivity index (χ4n) is 2.00. The van der Waals surface area contributed by atoms with Gasteiger partial charge in [-0.15, -0.1) is 0 Å². The molecule has 0 radical (unpaired) electrons. The monoisotopic (exact) mass is 308 g/mol. The largest absolute Gasteiger partial charge is 0.390 e. The molecule has 5 nitrogen and oxygen atoms in total. The summed E-state index contributed by atoms with van der Waals surface area (Å²) in [5, 5.41) is 12.4. The first-order valence-electron chi connectivity index (χ1n) is 5.66. The number of hydrogen-bond acceptors (Lipinski definition) is 4. The van der Waals surface area contributed by atoms with Crippen LogP contribution >= 0.6 is 11.6 Å². The van der Waals surface area contributed by atoms with Gasteiger partial charge in [-0.25, -0.2) is 12.8 Å². The molecule has 2 rings (SSSR count). The van der Waals surface area contributed by atoms with Crippen LogP contribution in [0.25, 0.3) is 0 Å². The van der Waals surface area contributed by atoms with Crippen LogP contribution in [0, 0.1) is 5.82 Å². The molecule has 0 saturated carbocycles. The minimum absolute atomic E-state index is 0.0968. The van der Waals surface area contributed by atoms with Crippen molar-refractivity contribution in [2.75, 3.05) is 20.1 Å². The lowest BCUT2D eigenvalue weighted by molar-refractivity contribution is 0.136. The van der Waals surface area contributed by atoms with Crippen molar-refractivity contribution < 1.29 is 17.9 Å². The van der Waals surface area contributed by atoms with E-state index in [2.05, 4.69) is 5.32 Å². The van der Waals surface area contributed by atoms with Crippen molar-refractivity contribution in [1.29, 1.82) is 0 Å². The van der Waals surface area contributed by atoms with Crippen molar-refractivity contribution in [2.24, 2.45) is 0 Å². The third-order valence-corrected chi connectivity index (χ3v) is 5.35. The summed E-state index contributed by atoms with van der Waals surface area (Å²) in [6, 6.07) is 2.68. The van der Waals surface area contributed by atoms with Crippen LogP contribution in [0.4, 0.5) is 4.39 Å². The van der Waals surface area contributed by atoms with Gasteiger partial charge in [-0.3, -0.25) is 0 Å². The van der Waals surface area contributed by atoms with Crippen molar-refractivity contribution in [1.82, 2.24) is 9.62 Å². The minimum atomic E-state index is -3.81. The lowest BCUT2D eigenvalue weighted by Gasteiger charge is -2.25. The van der Waals surface area contributed by atoms with Crippen molar-refractivity contribution in [3.05, 3.63) is 29.0 Å². The summed E-state index contributed by atoms with van der Waals surface area (Å²) in [6.07, 6.45) is -0.768. The maximum atomic E-state index is 13.1. The number of β-amino-alcohol motifs (C(OH)–C–C–N with tert-alkyl or cyclic N) is 1. The van der Waals surface area contributed by atoms with E-state index in [4.69, 9.17) is 11.6 Å². The molecule has 8 heteroatoms. The Hall–Kier alpha value is -0.730. The molecule has 1 aromatic rings. The van der Waals surface area contributed by atoms with Gasteiger partial charge >= 0.3 is 0 Å². The zero-order chi connectivity index (χ0) is 14.2. The van der Waals surface area contributed by atoms with Crippen molar-refractivity contribution in [3.8, 4) is 0 Å². The number of aliphatic hydroxyl groups excluding tert-OH is 1. The van der Waals surface area contributed by atoms with Gasteiger partial charge < -0.3 is 10.4 Å². The highest BCUT2D eigenvalue weighted by molar-refractivity contribution is 7.89. The summed E-state index contributed by atoms with van der Waals surface area (Å²) in [7, 11) is -2.43. The number of rotatable bonds is 3. The number of sulfonamides is 1. The molecule has 1 saturated heterocycles. The van der Waals surface area contributed by atoms with Gasteiger partial charge in [0.2, 0.25) is 10.0 Å². The van der Waals surface area contributed by atoms with Crippen molar-refractivity contribution in [2.45, 2.75) is 17.0 Å². The highest BCUT2D eigenvalue weighted by Crippen LogP contribution is 2.24. The predicted octanol–water partition coefficient (Wildman–Crippen LogP) is 0.432. The number of nitrogens with zero attached hydrogens (tertiary/aromatic N) is 1. The Bertz CT molecular complexity index is 581. The molecule has 19 heavy (non-hydrogen) atoms. The van der Waals surface area contributed by atoms with Gasteiger partial charge in [0.05, 0.1) is 22.1 Å². The predicted molar refractivity (Wildman–Crippen MR) is 69.0 cm³/mol. The van der Waals surface area contributed by atoms with E-state index in [9.17, 15) is 17.9 Å². The van der Waals surface area contributed by atoms with E-state index in [-0.39, 0.29) is 9.92 Å². The van der Waals surface area contributed by atoms with Crippen LogP contribution in [-0.2, 0) is 10.0 Å². The Kier molecular flexibility index (Phi) is 4.12. The molecule has 1 aliphatic heterocycles. The van der Waals surface area contributed by atoms with Crippen LogP contribution in [0.3, 0.4) is 0 Å². The molecule has 0 bridgehead atoms. The first-order valence-corrected chi connectivity index (χ1v) is 7.47. The third-order valence-electron chi connectivity index (χ3n) is 3.19. The van der Waals surface area contributed by atoms with Gasteiger partial charge in [-0.2, -0.15) is 4.31 Å². The second-order valence-corrected chi connectivity index (χ2v) is 6.79. The lowest BCUT2D eigenvalue weighted by atomic mass is 10.2. The lowest BCUT2D eigenvalue weighted by Crippen LogP contribution is -2.44. The molecule has 106 valence electrons. The Balaban J connectivity index is 2.33. The number of likely N-dealkylation sites (N-methyl/N-ethyl adjacent to an activating group) is 1.